The summed E-state index contributed by atoms with van der Waals surface area (Å²) in [5, 5.41) is 1.18. The van der Waals surface area contributed by atoms with Gasteiger partial charge in [0.2, 0.25) is 10.0 Å². The number of rotatable bonds is 6. The van der Waals surface area contributed by atoms with Crippen molar-refractivity contribution in [3.8, 4) is 0 Å². The van der Waals surface area contributed by atoms with Crippen molar-refractivity contribution in [1.29, 1.82) is 0 Å². The van der Waals surface area contributed by atoms with Gasteiger partial charge in [-0.1, -0.05) is 66.7 Å². The molecule has 0 saturated heterocycles. The molecule has 0 aliphatic carbocycles. The molecule has 4 nitrogen and oxygen atoms in total. The molecule has 1 atom stereocenters. The van der Waals surface area contributed by atoms with Gasteiger partial charge in [-0.25, -0.2) is 8.42 Å². The van der Waals surface area contributed by atoms with Gasteiger partial charge in [0.1, 0.15) is 0 Å². The first-order valence-corrected chi connectivity index (χ1v) is 9.40. The first-order chi connectivity index (χ1) is 12.1. The minimum Gasteiger partial charge on any atom is -0.259 e. The summed E-state index contributed by atoms with van der Waals surface area (Å²) < 4.78 is 27.8. The number of pyridine rings is 1. The minimum absolute atomic E-state index is 0.548. The second kappa shape index (κ2) is 7.88. The maximum Gasteiger partial charge on any atom is 0.234 e. The Morgan fingerprint density at radius 1 is 0.840 bits per heavy atom. The molecule has 126 valence electrons. The van der Waals surface area contributed by atoms with Crippen molar-refractivity contribution in [3.05, 3.63) is 107 Å². The van der Waals surface area contributed by atoms with E-state index in [-0.39, 0.29) is 0 Å². The third kappa shape index (κ3) is 4.86. The molecule has 0 aliphatic rings. The second-order valence-corrected chi connectivity index (χ2v) is 7.07. The van der Waals surface area contributed by atoms with Crippen LogP contribution < -0.4 is 4.72 Å². The van der Waals surface area contributed by atoms with Crippen LogP contribution in [0, 0.1) is 0 Å². The van der Waals surface area contributed by atoms with Crippen LogP contribution in [0.3, 0.4) is 0 Å². The van der Waals surface area contributed by atoms with E-state index in [1.165, 1.54) is 5.41 Å². The van der Waals surface area contributed by atoms with Crippen molar-refractivity contribution in [1.82, 2.24) is 9.71 Å². The van der Waals surface area contributed by atoms with Gasteiger partial charge in [-0.3, -0.25) is 4.98 Å². The quantitative estimate of drug-likeness (QED) is 0.736. The first kappa shape index (κ1) is 17.1. The SMILES string of the molecule is O=S(=O)(/C=C/c1ccccc1)NC(c1ccccc1)c1ccccn1. The largest absolute Gasteiger partial charge is 0.259 e. The molecule has 0 radical (unpaired) electrons. The average Bonchev–Trinajstić information content (AvgIpc) is 2.67. The van der Waals surface area contributed by atoms with E-state index in [2.05, 4.69) is 9.71 Å². The van der Waals surface area contributed by atoms with Gasteiger partial charge < -0.3 is 0 Å². The normalized spacial score (nSPS) is 13.0. The summed E-state index contributed by atoms with van der Waals surface area (Å²) >= 11 is 0. The zero-order valence-corrected chi connectivity index (χ0v) is 14.3. The average molecular weight is 350 g/mol. The maximum atomic E-state index is 12.5. The molecule has 0 aliphatic heterocycles. The van der Waals surface area contributed by atoms with E-state index in [4.69, 9.17) is 0 Å². The highest BCUT2D eigenvalue weighted by Gasteiger charge is 2.20. The molecule has 1 unspecified atom stereocenters. The van der Waals surface area contributed by atoms with Crippen LogP contribution in [0.25, 0.3) is 6.08 Å². The monoisotopic (exact) mass is 350 g/mol. The Kier molecular flexibility index (Phi) is 5.38. The number of hydrogen-bond donors (Lipinski definition) is 1. The second-order valence-electron chi connectivity index (χ2n) is 5.47. The molecule has 0 amide bonds. The summed E-state index contributed by atoms with van der Waals surface area (Å²) in [6.07, 6.45) is 3.22. The third-order valence-corrected chi connectivity index (χ3v) is 4.70. The number of nitrogens with zero attached hydrogens (tertiary/aromatic N) is 1. The lowest BCUT2D eigenvalue weighted by Gasteiger charge is -2.17. The fourth-order valence-corrected chi connectivity index (χ4v) is 3.43. The summed E-state index contributed by atoms with van der Waals surface area (Å²) in [5.74, 6) is 0. The number of nitrogens with one attached hydrogen (secondary N) is 1. The molecule has 0 bridgehead atoms. The van der Waals surface area contributed by atoms with Gasteiger partial charge in [0, 0.05) is 11.6 Å². The number of aromatic nitrogens is 1. The van der Waals surface area contributed by atoms with E-state index in [1.54, 1.807) is 24.4 Å². The Bertz CT molecular complexity index is 886. The van der Waals surface area contributed by atoms with E-state index in [1.807, 2.05) is 66.7 Å². The topological polar surface area (TPSA) is 59.1 Å². The summed E-state index contributed by atoms with van der Waals surface area (Å²) in [4.78, 5) is 4.31. The molecule has 1 N–H and O–H groups in total. The van der Waals surface area contributed by atoms with Gasteiger partial charge in [-0.15, -0.1) is 0 Å². The van der Waals surface area contributed by atoms with Crippen LogP contribution >= 0.6 is 0 Å². The molecular formula is C20H18N2O2S. The Balaban J connectivity index is 1.88. The minimum atomic E-state index is -3.65. The summed E-state index contributed by atoms with van der Waals surface area (Å²) in [6, 6.07) is 23.6. The summed E-state index contributed by atoms with van der Waals surface area (Å²) in [6.45, 7) is 0. The van der Waals surface area contributed by atoms with Crippen molar-refractivity contribution in [3.63, 3.8) is 0 Å². The zero-order chi connectivity index (χ0) is 17.5. The van der Waals surface area contributed by atoms with Gasteiger partial charge in [0.15, 0.2) is 0 Å². The molecule has 0 spiro atoms. The number of sulfonamides is 1. The molecule has 3 aromatic rings. The van der Waals surface area contributed by atoms with Crippen molar-refractivity contribution in [2.45, 2.75) is 6.04 Å². The molecule has 2 aromatic carbocycles. The summed E-state index contributed by atoms with van der Waals surface area (Å²) in [5.41, 5.74) is 2.30. The Labute approximate surface area is 147 Å². The van der Waals surface area contributed by atoms with Crippen molar-refractivity contribution in [2.24, 2.45) is 0 Å². The standard InChI is InChI=1S/C20H18N2O2S/c23-25(24,16-14-17-9-3-1-4-10-17)22-20(18-11-5-2-6-12-18)19-13-7-8-15-21-19/h1-16,20,22H/b16-14+. The van der Waals surface area contributed by atoms with E-state index >= 15 is 0 Å². The fraction of sp³-hybridized carbons (Fsp3) is 0.0500. The maximum absolute atomic E-state index is 12.5. The summed E-state index contributed by atoms with van der Waals surface area (Å²) in [7, 11) is -3.65. The van der Waals surface area contributed by atoms with Gasteiger partial charge in [-0.05, 0) is 29.3 Å². The molecule has 0 fully saturated rings. The zero-order valence-electron chi connectivity index (χ0n) is 13.5. The third-order valence-electron chi connectivity index (χ3n) is 3.64. The fourth-order valence-electron chi connectivity index (χ4n) is 2.43. The van der Waals surface area contributed by atoms with Crippen molar-refractivity contribution in [2.75, 3.05) is 0 Å². The molecule has 1 aromatic heterocycles. The first-order valence-electron chi connectivity index (χ1n) is 7.85. The van der Waals surface area contributed by atoms with Crippen LogP contribution in [0.4, 0.5) is 0 Å². The van der Waals surface area contributed by atoms with Gasteiger partial charge in [0.05, 0.1) is 11.7 Å². The van der Waals surface area contributed by atoms with E-state index in [0.29, 0.717) is 5.69 Å². The lowest BCUT2D eigenvalue weighted by Crippen LogP contribution is -2.28. The van der Waals surface area contributed by atoms with Crippen LogP contribution in [0.15, 0.2) is 90.5 Å². The van der Waals surface area contributed by atoms with Gasteiger partial charge >= 0.3 is 0 Å². The van der Waals surface area contributed by atoms with Crippen molar-refractivity contribution < 1.29 is 8.42 Å². The van der Waals surface area contributed by atoms with Gasteiger partial charge in [-0.2, -0.15) is 4.72 Å². The molecular weight excluding hydrogens is 332 g/mol. The van der Waals surface area contributed by atoms with Crippen LogP contribution in [-0.4, -0.2) is 13.4 Å². The molecule has 0 saturated carbocycles. The Morgan fingerprint density at radius 2 is 1.48 bits per heavy atom. The smallest absolute Gasteiger partial charge is 0.234 e. The predicted molar refractivity (Wildman–Crippen MR) is 100 cm³/mol. The highest BCUT2D eigenvalue weighted by atomic mass is 32.2. The van der Waals surface area contributed by atoms with E-state index in [0.717, 1.165) is 11.1 Å². The van der Waals surface area contributed by atoms with E-state index in [9.17, 15) is 8.42 Å². The van der Waals surface area contributed by atoms with Crippen molar-refractivity contribution >= 4 is 16.1 Å². The van der Waals surface area contributed by atoms with E-state index < -0.39 is 16.1 Å². The number of benzene rings is 2. The van der Waals surface area contributed by atoms with Gasteiger partial charge in [0.25, 0.3) is 0 Å². The Hall–Kier alpha value is -2.76. The van der Waals surface area contributed by atoms with Crippen LogP contribution in [0.2, 0.25) is 0 Å². The molecule has 1 heterocycles. The van der Waals surface area contributed by atoms with Crippen LogP contribution in [0.1, 0.15) is 22.9 Å². The molecule has 5 heteroatoms. The molecule has 25 heavy (non-hydrogen) atoms. The lowest BCUT2D eigenvalue weighted by molar-refractivity contribution is 0.579. The highest BCUT2D eigenvalue weighted by molar-refractivity contribution is 7.92. The predicted octanol–water partition coefficient (Wildman–Crippen LogP) is 3.76. The van der Waals surface area contributed by atoms with Crippen LogP contribution in [-0.2, 0) is 10.0 Å². The van der Waals surface area contributed by atoms with Crippen LogP contribution in [0.5, 0.6) is 0 Å². The molecule has 3 rings (SSSR count). The highest BCUT2D eigenvalue weighted by Crippen LogP contribution is 2.21. The number of hydrogen-bond acceptors (Lipinski definition) is 3. The Morgan fingerprint density at radius 3 is 2.12 bits per heavy atom. The lowest BCUT2D eigenvalue weighted by atomic mass is 10.0.